The van der Waals surface area contributed by atoms with Crippen molar-refractivity contribution in [1.82, 2.24) is 0 Å². The van der Waals surface area contributed by atoms with Crippen molar-refractivity contribution >= 4 is 5.78 Å². The van der Waals surface area contributed by atoms with E-state index in [-0.39, 0.29) is 12.4 Å². The van der Waals surface area contributed by atoms with E-state index < -0.39 is 6.10 Å². The van der Waals surface area contributed by atoms with Crippen LogP contribution >= 0.6 is 0 Å². The minimum absolute atomic E-state index is 0.0667. The van der Waals surface area contributed by atoms with Gasteiger partial charge in [-0.1, -0.05) is 24.3 Å². The van der Waals surface area contributed by atoms with Gasteiger partial charge in [0.15, 0.2) is 5.78 Å². The number of aliphatic hydroxyl groups is 2. The Labute approximate surface area is 117 Å². The maximum atomic E-state index is 12.2. The summed E-state index contributed by atoms with van der Waals surface area (Å²) in [5.74, 6) is 0.285. The van der Waals surface area contributed by atoms with Crippen molar-refractivity contribution in [2.45, 2.75) is 12.7 Å². The Kier molecular flexibility index (Phi) is 4.50. The molecule has 1 atom stereocenters. The smallest absolute Gasteiger partial charge is 0.195 e. The summed E-state index contributed by atoms with van der Waals surface area (Å²) in [6, 6.07) is 13.2. The molecule has 0 aliphatic carbocycles. The summed E-state index contributed by atoms with van der Waals surface area (Å²) < 4.78 is 5.02. The average molecular weight is 272 g/mol. The van der Waals surface area contributed by atoms with E-state index in [1.54, 1.807) is 55.6 Å². The highest BCUT2D eigenvalue weighted by atomic mass is 16.5. The number of benzene rings is 2. The van der Waals surface area contributed by atoms with Gasteiger partial charge in [0.2, 0.25) is 0 Å². The first-order valence-corrected chi connectivity index (χ1v) is 6.21. The largest absolute Gasteiger partial charge is 0.497 e. The fourth-order valence-electron chi connectivity index (χ4n) is 1.87. The Morgan fingerprint density at radius 2 is 1.70 bits per heavy atom. The summed E-state index contributed by atoms with van der Waals surface area (Å²) >= 11 is 0. The maximum absolute atomic E-state index is 12.2. The number of aliphatic hydroxyl groups excluding tert-OH is 2. The van der Waals surface area contributed by atoms with Crippen molar-refractivity contribution in [2.75, 3.05) is 7.11 Å². The lowest BCUT2D eigenvalue weighted by Crippen LogP contribution is -2.12. The van der Waals surface area contributed by atoms with Crippen LogP contribution in [0.5, 0.6) is 5.75 Å². The van der Waals surface area contributed by atoms with Crippen molar-refractivity contribution in [3.8, 4) is 5.75 Å². The van der Waals surface area contributed by atoms with Crippen LogP contribution in [0.2, 0.25) is 0 Å². The summed E-state index contributed by atoms with van der Waals surface area (Å²) in [5.41, 5.74) is 1.66. The molecule has 4 heteroatoms. The molecule has 0 fully saturated rings. The standard InChI is InChI=1S/C16H16O4/c1-20-14-8-6-13(7-9-14)16(19)15(18)12-4-2-11(10-17)3-5-12/h2-9,15,17-18H,10H2,1H3. The monoisotopic (exact) mass is 272 g/mol. The number of ether oxygens (including phenoxy) is 1. The lowest BCUT2D eigenvalue weighted by Gasteiger charge is -2.11. The Bertz CT molecular complexity index is 572. The van der Waals surface area contributed by atoms with Gasteiger partial charge < -0.3 is 14.9 Å². The molecule has 0 amide bonds. The van der Waals surface area contributed by atoms with Crippen LogP contribution in [-0.4, -0.2) is 23.1 Å². The molecular weight excluding hydrogens is 256 g/mol. The zero-order chi connectivity index (χ0) is 14.5. The number of hydrogen-bond acceptors (Lipinski definition) is 4. The molecule has 0 radical (unpaired) electrons. The Hall–Kier alpha value is -2.17. The zero-order valence-electron chi connectivity index (χ0n) is 11.1. The van der Waals surface area contributed by atoms with Gasteiger partial charge in [-0.3, -0.25) is 4.79 Å². The number of Topliss-reactive ketones (excluding diaryl/α,β-unsaturated/α-hetero) is 1. The molecule has 0 heterocycles. The molecule has 0 saturated carbocycles. The third kappa shape index (κ3) is 3.04. The molecular formula is C16H16O4. The normalized spacial score (nSPS) is 11.9. The summed E-state index contributed by atoms with van der Waals surface area (Å²) in [7, 11) is 1.55. The van der Waals surface area contributed by atoms with Gasteiger partial charge in [0, 0.05) is 5.56 Å². The highest BCUT2D eigenvalue weighted by molar-refractivity contribution is 5.99. The third-order valence-electron chi connectivity index (χ3n) is 3.10. The molecule has 0 bridgehead atoms. The molecule has 2 rings (SSSR count). The summed E-state index contributed by atoms with van der Waals surface area (Å²) in [4.78, 5) is 12.2. The van der Waals surface area contributed by atoms with Crippen LogP contribution in [0.4, 0.5) is 0 Å². The second kappa shape index (κ2) is 6.32. The maximum Gasteiger partial charge on any atom is 0.195 e. The van der Waals surface area contributed by atoms with Gasteiger partial charge in [0.25, 0.3) is 0 Å². The average Bonchev–Trinajstić information content (AvgIpc) is 2.53. The minimum atomic E-state index is -1.21. The van der Waals surface area contributed by atoms with E-state index in [1.165, 1.54) is 0 Å². The summed E-state index contributed by atoms with van der Waals surface area (Å²) in [6.45, 7) is -0.0667. The number of carbonyl (C=O) groups excluding carboxylic acids is 1. The SMILES string of the molecule is COc1ccc(C(=O)C(O)c2ccc(CO)cc2)cc1. The van der Waals surface area contributed by atoms with E-state index >= 15 is 0 Å². The zero-order valence-corrected chi connectivity index (χ0v) is 11.1. The predicted octanol–water partition coefficient (Wildman–Crippen LogP) is 2.10. The summed E-state index contributed by atoms with van der Waals surface area (Å²) in [6.07, 6.45) is -1.21. The Balaban J connectivity index is 2.17. The van der Waals surface area contributed by atoms with E-state index in [1.807, 2.05) is 0 Å². The molecule has 4 nitrogen and oxygen atoms in total. The van der Waals surface area contributed by atoms with Gasteiger partial charge >= 0.3 is 0 Å². The molecule has 0 aromatic heterocycles. The van der Waals surface area contributed by atoms with E-state index in [4.69, 9.17) is 9.84 Å². The minimum Gasteiger partial charge on any atom is -0.497 e. The lowest BCUT2D eigenvalue weighted by molar-refractivity contribution is 0.0747. The van der Waals surface area contributed by atoms with Gasteiger partial charge in [-0.25, -0.2) is 0 Å². The number of carbonyl (C=O) groups is 1. The van der Waals surface area contributed by atoms with Gasteiger partial charge in [0.05, 0.1) is 13.7 Å². The number of ketones is 1. The molecule has 2 aromatic rings. The topological polar surface area (TPSA) is 66.8 Å². The molecule has 104 valence electrons. The van der Waals surface area contributed by atoms with Crippen LogP contribution < -0.4 is 4.74 Å². The van der Waals surface area contributed by atoms with Crippen molar-refractivity contribution in [3.05, 3.63) is 65.2 Å². The van der Waals surface area contributed by atoms with Crippen LogP contribution in [0.1, 0.15) is 27.6 Å². The van der Waals surface area contributed by atoms with Crippen molar-refractivity contribution in [3.63, 3.8) is 0 Å². The van der Waals surface area contributed by atoms with Crippen LogP contribution in [0.3, 0.4) is 0 Å². The predicted molar refractivity (Wildman–Crippen MR) is 74.6 cm³/mol. The highest BCUT2D eigenvalue weighted by Gasteiger charge is 2.19. The van der Waals surface area contributed by atoms with Gasteiger partial charge in [-0.05, 0) is 35.4 Å². The second-order valence-electron chi connectivity index (χ2n) is 4.39. The number of rotatable bonds is 5. The number of hydrogen-bond donors (Lipinski definition) is 2. The van der Waals surface area contributed by atoms with Gasteiger partial charge in [-0.2, -0.15) is 0 Å². The van der Waals surface area contributed by atoms with E-state index in [2.05, 4.69) is 0 Å². The van der Waals surface area contributed by atoms with Crippen LogP contribution in [0, 0.1) is 0 Å². The molecule has 1 unspecified atom stereocenters. The first-order valence-electron chi connectivity index (χ1n) is 6.21. The molecule has 2 N–H and O–H groups in total. The first kappa shape index (κ1) is 14.2. The quantitative estimate of drug-likeness (QED) is 0.818. The van der Waals surface area contributed by atoms with Crippen LogP contribution in [-0.2, 0) is 6.61 Å². The fraction of sp³-hybridized carbons (Fsp3) is 0.188. The first-order chi connectivity index (χ1) is 9.65. The lowest BCUT2D eigenvalue weighted by atomic mass is 9.99. The van der Waals surface area contributed by atoms with Gasteiger partial charge in [0.1, 0.15) is 11.9 Å². The van der Waals surface area contributed by atoms with Crippen LogP contribution in [0.15, 0.2) is 48.5 Å². The Morgan fingerprint density at radius 3 is 2.20 bits per heavy atom. The molecule has 2 aromatic carbocycles. The summed E-state index contributed by atoms with van der Waals surface area (Å²) in [5, 5.41) is 19.1. The molecule has 0 aliphatic heterocycles. The van der Waals surface area contributed by atoms with Crippen molar-refractivity contribution in [1.29, 1.82) is 0 Å². The van der Waals surface area contributed by atoms with Crippen LogP contribution in [0.25, 0.3) is 0 Å². The fourth-order valence-corrected chi connectivity index (χ4v) is 1.87. The molecule has 0 spiro atoms. The number of methoxy groups -OCH3 is 1. The van der Waals surface area contributed by atoms with Gasteiger partial charge in [-0.15, -0.1) is 0 Å². The molecule has 0 aliphatic rings. The highest BCUT2D eigenvalue weighted by Crippen LogP contribution is 2.20. The molecule has 0 saturated heterocycles. The van der Waals surface area contributed by atoms with E-state index in [0.717, 1.165) is 5.56 Å². The Morgan fingerprint density at radius 1 is 1.10 bits per heavy atom. The third-order valence-corrected chi connectivity index (χ3v) is 3.10. The van der Waals surface area contributed by atoms with Crippen molar-refractivity contribution in [2.24, 2.45) is 0 Å². The molecule has 20 heavy (non-hydrogen) atoms. The second-order valence-corrected chi connectivity index (χ2v) is 4.39. The van der Waals surface area contributed by atoms with Crippen molar-refractivity contribution < 1.29 is 19.7 Å². The van der Waals surface area contributed by atoms with E-state index in [9.17, 15) is 9.90 Å². The van der Waals surface area contributed by atoms with E-state index in [0.29, 0.717) is 16.9 Å².